The first kappa shape index (κ1) is 7.95. The molecule has 1 aliphatic rings. The maximum atomic E-state index is 5.56. The summed E-state index contributed by atoms with van der Waals surface area (Å²) in [6.45, 7) is 3.35. The van der Waals surface area contributed by atoms with Gasteiger partial charge in [-0.15, -0.1) is 0 Å². The molecule has 0 bridgehead atoms. The zero-order valence-electron chi connectivity index (χ0n) is 6.70. The van der Waals surface area contributed by atoms with Gasteiger partial charge < -0.3 is 0 Å². The van der Waals surface area contributed by atoms with Crippen molar-refractivity contribution in [2.24, 2.45) is 0 Å². The summed E-state index contributed by atoms with van der Waals surface area (Å²) in [5, 5.41) is 0.322. The van der Waals surface area contributed by atoms with Gasteiger partial charge in [0, 0.05) is 24.5 Å². The predicted molar refractivity (Wildman–Crippen MR) is 46.9 cm³/mol. The molecule has 1 fully saturated rings. The van der Waals surface area contributed by atoms with Crippen LogP contribution in [0.15, 0.2) is 12.4 Å². The minimum Gasteiger partial charge on any atom is -0.299 e. The predicted octanol–water partition coefficient (Wildman–Crippen LogP) is 1.34. The van der Waals surface area contributed by atoms with E-state index in [0.29, 0.717) is 5.28 Å². The van der Waals surface area contributed by atoms with Crippen molar-refractivity contribution in [2.45, 2.75) is 13.0 Å². The van der Waals surface area contributed by atoms with Crippen molar-refractivity contribution < 1.29 is 0 Å². The first-order valence-electron chi connectivity index (χ1n) is 4.03. The number of aromatic nitrogens is 2. The van der Waals surface area contributed by atoms with Crippen molar-refractivity contribution in [2.75, 3.05) is 13.1 Å². The summed E-state index contributed by atoms with van der Waals surface area (Å²) < 4.78 is 0. The lowest BCUT2D eigenvalue weighted by Gasteiger charge is -2.30. The molecule has 0 atom stereocenters. The fraction of sp³-hybridized carbons (Fsp3) is 0.500. The van der Waals surface area contributed by atoms with Gasteiger partial charge in [-0.3, -0.25) is 4.90 Å². The second-order valence-corrected chi connectivity index (χ2v) is 3.33. The smallest absolute Gasteiger partial charge is 0.222 e. The molecule has 1 aromatic heterocycles. The summed E-state index contributed by atoms with van der Waals surface area (Å²) in [5.74, 6) is 0. The molecule has 0 saturated carbocycles. The van der Waals surface area contributed by atoms with Gasteiger partial charge in [0.25, 0.3) is 0 Å². The van der Waals surface area contributed by atoms with Gasteiger partial charge in [-0.25, -0.2) is 9.97 Å². The second kappa shape index (κ2) is 3.37. The third-order valence-corrected chi connectivity index (χ3v) is 2.22. The monoisotopic (exact) mass is 183 g/mol. The van der Waals surface area contributed by atoms with Gasteiger partial charge in [-0.2, -0.15) is 0 Å². The first-order valence-corrected chi connectivity index (χ1v) is 4.41. The number of likely N-dealkylation sites (tertiary alicyclic amines) is 1. The lowest BCUT2D eigenvalue weighted by atomic mass is 10.2. The van der Waals surface area contributed by atoms with Gasteiger partial charge >= 0.3 is 0 Å². The summed E-state index contributed by atoms with van der Waals surface area (Å²) in [6, 6.07) is 0. The maximum Gasteiger partial charge on any atom is 0.222 e. The van der Waals surface area contributed by atoms with Crippen molar-refractivity contribution >= 4 is 11.6 Å². The quantitative estimate of drug-likeness (QED) is 0.648. The molecule has 4 heteroatoms. The van der Waals surface area contributed by atoms with Crippen LogP contribution in [0.2, 0.25) is 5.28 Å². The molecular weight excluding hydrogens is 174 g/mol. The molecule has 1 saturated heterocycles. The molecule has 0 amide bonds. The third kappa shape index (κ3) is 1.73. The van der Waals surface area contributed by atoms with Crippen molar-refractivity contribution in [1.29, 1.82) is 0 Å². The summed E-state index contributed by atoms with van der Waals surface area (Å²) in [6.07, 6.45) is 4.88. The Bertz CT molecular complexity index is 256. The van der Waals surface area contributed by atoms with Gasteiger partial charge in [0.15, 0.2) is 0 Å². The van der Waals surface area contributed by atoms with E-state index in [9.17, 15) is 0 Å². The summed E-state index contributed by atoms with van der Waals surface area (Å²) in [5.41, 5.74) is 1.14. The van der Waals surface area contributed by atoms with E-state index < -0.39 is 0 Å². The Morgan fingerprint density at radius 2 is 2.00 bits per heavy atom. The van der Waals surface area contributed by atoms with E-state index in [0.717, 1.165) is 12.1 Å². The largest absolute Gasteiger partial charge is 0.299 e. The summed E-state index contributed by atoms with van der Waals surface area (Å²) in [7, 11) is 0. The SMILES string of the molecule is Clc1ncc(CN2CCC2)cn1. The summed E-state index contributed by atoms with van der Waals surface area (Å²) >= 11 is 5.56. The molecule has 3 nitrogen and oxygen atoms in total. The third-order valence-electron chi connectivity index (χ3n) is 2.03. The molecule has 0 spiro atoms. The van der Waals surface area contributed by atoms with Gasteiger partial charge in [-0.1, -0.05) is 0 Å². The normalized spacial score (nSPS) is 17.4. The topological polar surface area (TPSA) is 29.0 Å². The molecule has 12 heavy (non-hydrogen) atoms. The zero-order valence-corrected chi connectivity index (χ0v) is 7.46. The van der Waals surface area contributed by atoms with Crippen LogP contribution in [0.4, 0.5) is 0 Å². The van der Waals surface area contributed by atoms with Crippen molar-refractivity contribution in [3.63, 3.8) is 0 Å². The highest BCUT2D eigenvalue weighted by molar-refractivity contribution is 6.28. The Morgan fingerprint density at radius 1 is 1.33 bits per heavy atom. The van der Waals surface area contributed by atoms with E-state index in [1.807, 2.05) is 0 Å². The van der Waals surface area contributed by atoms with Crippen LogP contribution in [0.5, 0.6) is 0 Å². The van der Waals surface area contributed by atoms with E-state index in [-0.39, 0.29) is 0 Å². The molecule has 0 aromatic carbocycles. The van der Waals surface area contributed by atoms with E-state index in [2.05, 4.69) is 14.9 Å². The number of hydrogen-bond donors (Lipinski definition) is 0. The molecule has 1 aliphatic heterocycles. The molecular formula is C8H10ClN3. The molecule has 0 radical (unpaired) electrons. The zero-order chi connectivity index (χ0) is 8.39. The molecule has 2 rings (SSSR count). The van der Waals surface area contributed by atoms with Crippen molar-refractivity contribution in [1.82, 2.24) is 14.9 Å². The lowest BCUT2D eigenvalue weighted by Crippen LogP contribution is -2.36. The van der Waals surface area contributed by atoms with Crippen LogP contribution < -0.4 is 0 Å². The Hall–Kier alpha value is -0.670. The highest BCUT2D eigenvalue weighted by Crippen LogP contribution is 2.11. The van der Waals surface area contributed by atoms with Gasteiger partial charge in [-0.05, 0) is 31.1 Å². The molecule has 0 aliphatic carbocycles. The fourth-order valence-electron chi connectivity index (χ4n) is 1.22. The minimum atomic E-state index is 0.322. The van der Waals surface area contributed by atoms with Crippen molar-refractivity contribution in [3.8, 4) is 0 Å². The average Bonchev–Trinajstić information content (AvgIpc) is 2.00. The van der Waals surface area contributed by atoms with Crippen LogP contribution in [-0.2, 0) is 6.54 Å². The van der Waals surface area contributed by atoms with Gasteiger partial charge in [0.1, 0.15) is 0 Å². The minimum absolute atomic E-state index is 0.322. The molecule has 64 valence electrons. The Morgan fingerprint density at radius 3 is 2.50 bits per heavy atom. The van der Waals surface area contributed by atoms with Crippen LogP contribution in [0, 0.1) is 0 Å². The Balaban J connectivity index is 1.98. The van der Waals surface area contributed by atoms with E-state index >= 15 is 0 Å². The number of hydrogen-bond acceptors (Lipinski definition) is 3. The number of nitrogens with zero attached hydrogens (tertiary/aromatic N) is 3. The van der Waals surface area contributed by atoms with Crippen LogP contribution in [0.25, 0.3) is 0 Å². The van der Waals surface area contributed by atoms with Crippen LogP contribution in [-0.4, -0.2) is 28.0 Å². The van der Waals surface area contributed by atoms with E-state index in [1.54, 1.807) is 12.4 Å². The molecule has 0 N–H and O–H groups in total. The lowest BCUT2D eigenvalue weighted by molar-refractivity contribution is 0.172. The molecule has 0 unspecified atom stereocenters. The molecule has 2 heterocycles. The molecule has 1 aromatic rings. The van der Waals surface area contributed by atoms with Crippen LogP contribution >= 0.6 is 11.6 Å². The fourth-order valence-corrected chi connectivity index (χ4v) is 1.32. The van der Waals surface area contributed by atoms with Gasteiger partial charge in [0.2, 0.25) is 5.28 Å². The van der Waals surface area contributed by atoms with Crippen LogP contribution in [0.3, 0.4) is 0 Å². The van der Waals surface area contributed by atoms with E-state index in [1.165, 1.54) is 19.5 Å². The second-order valence-electron chi connectivity index (χ2n) is 2.99. The number of halogens is 1. The highest BCUT2D eigenvalue weighted by Gasteiger charge is 2.13. The number of rotatable bonds is 2. The Kier molecular flexibility index (Phi) is 2.23. The van der Waals surface area contributed by atoms with Crippen LogP contribution in [0.1, 0.15) is 12.0 Å². The highest BCUT2D eigenvalue weighted by atomic mass is 35.5. The average molecular weight is 184 g/mol. The van der Waals surface area contributed by atoms with Crippen molar-refractivity contribution in [3.05, 3.63) is 23.2 Å². The maximum absolute atomic E-state index is 5.56. The first-order chi connectivity index (χ1) is 5.84. The van der Waals surface area contributed by atoms with Gasteiger partial charge in [0.05, 0.1) is 0 Å². The Labute approximate surface area is 76.4 Å². The standard InChI is InChI=1S/C8H10ClN3/c9-8-10-4-7(5-11-8)6-12-2-1-3-12/h4-5H,1-3,6H2. The van der Waals surface area contributed by atoms with E-state index in [4.69, 9.17) is 11.6 Å². The summed E-state index contributed by atoms with van der Waals surface area (Å²) in [4.78, 5) is 10.2.